The Morgan fingerprint density at radius 1 is 1.23 bits per heavy atom. The van der Waals surface area contributed by atoms with E-state index in [1.807, 2.05) is 27.7 Å². The molecule has 0 radical (unpaired) electrons. The molecule has 1 aliphatic heterocycles. The van der Waals surface area contributed by atoms with Gasteiger partial charge in [-0.15, -0.1) is 0 Å². The zero-order chi connectivity index (χ0) is 23.6. The number of hydrogen-bond acceptors (Lipinski definition) is 5. The number of amides is 3. The number of rotatable bonds is 7. The number of nitrogens with two attached hydrogens (primary N) is 2. The molecule has 3 amide bonds. The molecule has 8 nitrogen and oxygen atoms in total. The Morgan fingerprint density at radius 3 is 2.29 bits per heavy atom. The van der Waals surface area contributed by atoms with Gasteiger partial charge >= 0.3 is 0 Å². The summed E-state index contributed by atoms with van der Waals surface area (Å²) in [6.07, 6.45) is 0.0447. The first kappa shape index (κ1) is 25.1. The average Bonchev–Trinajstić information content (AvgIpc) is 2.67. The number of piperidine rings is 1. The molecule has 6 N–H and O–H groups in total. The molecule has 1 aliphatic rings. The molecular weight excluding hydrogens is 420 g/mol. The summed E-state index contributed by atoms with van der Waals surface area (Å²) in [6, 6.07) is 5.17. The Labute approximate surface area is 188 Å². The van der Waals surface area contributed by atoms with E-state index in [1.54, 1.807) is 29.2 Å². The summed E-state index contributed by atoms with van der Waals surface area (Å²) in [4.78, 5) is 38.3. The molecule has 1 heterocycles. The SMILES string of the molecule is CC(C)[C@@H](NC(=O)[C@H](N)CC(N)=O)C(=O)N1CC[C@](O)(c2ccc(Cl)cc2)C(C)(C)C1. The number of benzene rings is 1. The summed E-state index contributed by atoms with van der Waals surface area (Å²) in [7, 11) is 0. The van der Waals surface area contributed by atoms with E-state index in [9.17, 15) is 19.5 Å². The van der Waals surface area contributed by atoms with Gasteiger partial charge in [-0.05, 0) is 30.0 Å². The van der Waals surface area contributed by atoms with Crippen molar-refractivity contribution < 1.29 is 19.5 Å². The highest BCUT2D eigenvalue weighted by Crippen LogP contribution is 2.46. The first-order valence-electron chi connectivity index (χ1n) is 10.4. The number of nitrogens with zero attached hydrogens (tertiary/aromatic N) is 1. The van der Waals surface area contributed by atoms with Crippen LogP contribution in [0.15, 0.2) is 24.3 Å². The number of carbonyl (C=O) groups excluding carboxylic acids is 3. The van der Waals surface area contributed by atoms with Gasteiger partial charge in [-0.3, -0.25) is 14.4 Å². The maximum absolute atomic E-state index is 13.3. The monoisotopic (exact) mass is 452 g/mol. The maximum Gasteiger partial charge on any atom is 0.245 e. The Bertz CT molecular complexity index is 827. The molecule has 0 unspecified atom stereocenters. The summed E-state index contributed by atoms with van der Waals surface area (Å²) >= 11 is 5.98. The molecule has 9 heteroatoms. The molecule has 0 saturated carbocycles. The van der Waals surface area contributed by atoms with E-state index in [0.717, 1.165) is 5.56 Å². The van der Waals surface area contributed by atoms with E-state index in [4.69, 9.17) is 23.1 Å². The van der Waals surface area contributed by atoms with Crippen LogP contribution in [0.25, 0.3) is 0 Å². The first-order valence-corrected chi connectivity index (χ1v) is 10.8. The molecule has 0 aliphatic carbocycles. The largest absolute Gasteiger partial charge is 0.384 e. The molecule has 3 atom stereocenters. The fraction of sp³-hybridized carbons (Fsp3) is 0.591. The van der Waals surface area contributed by atoms with Crippen molar-refractivity contribution in [3.8, 4) is 0 Å². The van der Waals surface area contributed by atoms with Gasteiger partial charge in [0.25, 0.3) is 0 Å². The molecule has 31 heavy (non-hydrogen) atoms. The van der Waals surface area contributed by atoms with Gasteiger partial charge in [-0.1, -0.05) is 51.4 Å². The third-order valence-corrected chi connectivity index (χ3v) is 6.32. The van der Waals surface area contributed by atoms with Crippen molar-refractivity contribution in [2.24, 2.45) is 22.8 Å². The van der Waals surface area contributed by atoms with E-state index in [0.29, 0.717) is 24.5 Å². The summed E-state index contributed by atoms with van der Waals surface area (Å²) < 4.78 is 0. The number of primary amides is 1. The van der Waals surface area contributed by atoms with E-state index in [1.165, 1.54) is 0 Å². The molecule has 172 valence electrons. The molecule has 1 aromatic rings. The number of carbonyl (C=O) groups is 3. The van der Waals surface area contributed by atoms with Crippen molar-refractivity contribution in [3.63, 3.8) is 0 Å². The van der Waals surface area contributed by atoms with Crippen LogP contribution in [-0.4, -0.2) is 52.9 Å². The van der Waals surface area contributed by atoms with Crippen molar-refractivity contribution in [1.29, 1.82) is 0 Å². The number of hydrogen-bond donors (Lipinski definition) is 4. The lowest BCUT2D eigenvalue weighted by Gasteiger charge is -2.51. The number of nitrogens with one attached hydrogen (secondary N) is 1. The summed E-state index contributed by atoms with van der Waals surface area (Å²) in [5, 5.41) is 14.8. The highest BCUT2D eigenvalue weighted by molar-refractivity contribution is 6.30. The second kappa shape index (κ2) is 9.54. The zero-order valence-corrected chi connectivity index (χ0v) is 19.3. The van der Waals surface area contributed by atoms with Gasteiger partial charge in [-0.25, -0.2) is 0 Å². The van der Waals surface area contributed by atoms with Crippen LogP contribution in [0.4, 0.5) is 0 Å². The predicted octanol–water partition coefficient (Wildman–Crippen LogP) is 1.13. The average molecular weight is 453 g/mol. The fourth-order valence-corrected chi connectivity index (χ4v) is 4.18. The van der Waals surface area contributed by atoms with Gasteiger partial charge < -0.3 is 26.8 Å². The van der Waals surface area contributed by atoms with Crippen LogP contribution in [0.5, 0.6) is 0 Å². The zero-order valence-electron chi connectivity index (χ0n) is 18.5. The number of likely N-dealkylation sites (tertiary alicyclic amines) is 1. The minimum atomic E-state index is -1.13. The van der Waals surface area contributed by atoms with E-state index in [2.05, 4.69) is 5.32 Å². The van der Waals surface area contributed by atoms with Crippen molar-refractivity contribution >= 4 is 29.3 Å². The third-order valence-electron chi connectivity index (χ3n) is 6.07. The van der Waals surface area contributed by atoms with Crippen LogP contribution in [0.3, 0.4) is 0 Å². The lowest BCUT2D eigenvalue weighted by molar-refractivity contribution is -0.156. The second-order valence-corrected chi connectivity index (χ2v) is 9.70. The van der Waals surface area contributed by atoms with Gasteiger partial charge in [0, 0.05) is 23.5 Å². The van der Waals surface area contributed by atoms with Crippen LogP contribution in [0, 0.1) is 11.3 Å². The molecule has 1 aromatic carbocycles. The predicted molar refractivity (Wildman–Crippen MR) is 119 cm³/mol. The summed E-state index contributed by atoms with van der Waals surface area (Å²) in [6.45, 7) is 8.09. The highest BCUT2D eigenvalue weighted by Gasteiger charge is 2.50. The normalized spacial score (nSPS) is 22.6. The fourth-order valence-electron chi connectivity index (χ4n) is 4.05. The Hall–Kier alpha value is -2.16. The third kappa shape index (κ3) is 5.56. The molecule has 0 aromatic heterocycles. The molecule has 1 fully saturated rings. The Balaban J connectivity index is 2.17. The minimum absolute atomic E-state index is 0.197. The van der Waals surface area contributed by atoms with Crippen LogP contribution in [-0.2, 0) is 20.0 Å². The van der Waals surface area contributed by atoms with Crippen LogP contribution < -0.4 is 16.8 Å². The van der Waals surface area contributed by atoms with E-state index < -0.39 is 34.9 Å². The lowest BCUT2D eigenvalue weighted by Crippen LogP contribution is -2.61. The van der Waals surface area contributed by atoms with Crippen molar-refractivity contribution in [3.05, 3.63) is 34.9 Å². The summed E-state index contributed by atoms with van der Waals surface area (Å²) in [5.41, 5.74) is 9.79. The van der Waals surface area contributed by atoms with Gasteiger partial charge in [0.15, 0.2) is 0 Å². The quantitative estimate of drug-likeness (QED) is 0.491. The number of halogens is 1. The molecule has 1 saturated heterocycles. The minimum Gasteiger partial charge on any atom is -0.384 e. The highest BCUT2D eigenvalue weighted by atomic mass is 35.5. The topological polar surface area (TPSA) is 139 Å². The van der Waals surface area contributed by atoms with Crippen LogP contribution in [0.1, 0.15) is 46.1 Å². The smallest absolute Gasteiger partial charge is 0.245 e. The van der Waals surface area contributed by atoms with Crippen molar-refractivity contribution in [2.75, 3.05) is 13.1 Å². The molecule has 2 rings (SSSR count). The molecular formula is C22H33ClN4O4. The molecule has 0 bridgehead atoms. The van der Waals surface area contributed by atoms with E-state index >= 15 is 0 Å². The van der Waals surface area contributed by atoms with Gasteiger partial charge in [0.1, 0.15) is 6.04 Å². The summed E-state index contributed by atoms with van der Waals surface area (Å²) in [5.74, 6) is -1.73. The first-order chi connectivity index (χ1) is 14.3. The van der Waals surface area contributed by atoms with Gasteiger partial charge in [-0.2, -0.15) is 0 Å². The lowest BCUT2D eigenvalue weighted by atomic mass is 9.66. The van der Waals surface area contributed by atoms with Crippen molar-refractivity contribution in [2.45, 2.75) is 58.2 Å². The van der Waals surface area contributed by atoms with Crippen LogP contribution in [0.2, 0.25) is 5.02 Å². The second-order valence-electron chi connectivity index (χ2n) is 9.27. The van der Waals surface area contributed by atoms with Crippen molar-refractivity contribution in [1.82, 2.24) is 10.2 Å². The Kier molecular flexibility index (Phi) is 7.73. The van der Waals surface area contributed by atoms with Crippen LogP contribution >= 0.6 is 11.6 Å². The van der Waals surface area contributed by atoms with Gasteiger partial charge in [0.2, 0.25) is 17.7 Å². The van der Waals surface area contributed by atoms with E-state index in [-0.39, 0.29) is 18.2 Å². The molecule has 0 spiro atoms. The van der Waals surface area contributed by atoms with Gasteiger partial charge in [0.05, 0.1) is 18.1 Å². The maximum atomic E-state index is 13.3. The number of aliphatic hydroxyl groups is 1. The standard InChI is InChI=1S/C22H33ClN4O4/c1-13(2)18(26-19(29)16(24)11-17(25)28)20(30)27-10-9-22(31,21(3,4)12-27)14-5-7-15(23)8-6-14/h5-8,13,16,18,31H,9-12,24H2,1-4H3,(H2,25,28)(H,26,29)/t16-,18-,22+/m1/s1. The Morgan fingerprint density at radius 2 is 1.81 bits per heavy atom.